The van der Waals surface area contributed by atoms with E-state index in [1.54, 1.807) is 6.20 Å². The lowest BCUT2D eigenvalue weighted by Gasteiger charge is -2.43. The molecule has 0 radical (unpaired) electrons. The van der Waals surface area contributed by atoms with Crippen molar-refractivity contribution in [1.29, 1.82) is 0 Å². The summed E-state index contributed by atoms with van der Waals surface area (Å²) in [6.45, 7) is 5.37. The van der Waals surface area contributed by atoms with Crippen LogP contribution in [0, 0.1) is 0 Å². The maximum absolute atomic E-state index is 12.7. The van der Waals surface area contributed by atoms with Gasteiger partial charge in [0.1, 0.15) is 0 Å². The van der Waals surface area contributed by atoms with Gasteiger partial charge in [0.15, 0.2) is 5.78 Å². The van der Waals surface area contributed by atoms with Crippen molar-refractivity contribution < 1.29 is 9.53 Å². The molecule has 4 rings (SSSR count). The van der Waals surface area contributed by atoms with Crippen LogP contribution < -0.4 is 4.90 Å². The number of rotatable bonds is 2. The lowest BCUT2D eigenvalue weighted by molar-refractivity contribution is 0.00242. The summed E-state index contributed by atoms with van der Waals surface area (Å²) in [6.07, 6.45) is 3.61. The fourth-order valence-corrected chi connectivity index (χ4v) is 3.40. The third-order valence-corrected chi connectivity index (χ3v) is 4.64. The Kier molecular flexibility index (Phi) is 2.84. The summed E-state index contributed by atoms with van der Waals surface area (Å²) >= 11 is 0. The first-order valence-electron chi connectivity index (χ1n) is 7.55. The molecule has 2 aliphatic heterocycles. The molecule has 0 atom stereocenters. The van der Waals surface area contributed by atoms with Crippen LogP contribution in [0.2, 0.25) is 0 Å². The average Bonchev–Trinajstić information content (AvgIpc) is 2.68. The molecule has 0 unspecified atom stereocenters. The third-order valence-electron chi connectivity index (χ3n) is 4.64. The summed E-state index contributed by atoms with van der Waals surface area (Å²) in [5.41, 5.74) is 3.47. The summed E-state index contributed by atoms with van der Waals surface area (Å²) in [5.74, 6) is 0.187. The number of pyridine rings is 1. The van der Waals surface area contributed by atoms with Gasteiger partial charge in [-0.1, -0.05) is 12.1 Å². The number of hydrogen-bond acceptors (Lipinski definition) is 4. The van der Waals surface area contributed by atoms with Gasteiger partial charge < -0.3 is 9.64 Å². The topological polar surface area (TPSA) is 42.4 Å². The molecule has 0 spiro atoms. The van der Waals surface area contributed by atoms with Crippen LogP contribution in [0.5, 0.6) is 0 Å². The van der Waals surface area contributed by atoms with Crippen molar-refractivity contribution >= 4 is 11.5 Å². The van der Waals surface area contributed by atoms with Crippen molar-refractivity contribution in [3.05, 3.63) is 48.3 Å². The second kappa shape index (κ2) is 4.65. The monoisotopic (exact) mass is 294 g/mol. The highest BCUT2D eigenvalue weighted by Gasteiger charge is 2.48. The minimum absolute atomic E-state index is 0.187. The minimum atomic E-state index is -0.510. The summed E-state index contributed by atoms with van der Waals surface area (Å²) in [6, 6.07) is 10.3. The number of nitrogens with zero attached hydrogens (tertiary/aromatic N) is 2. The molecule has 22 heavy (non-hydrogen) atoms. The van der Waals surface area contributed by atoms with Crippen LogP contribution in [0.25, 0.3) is 11.1 Å². The van der Waals surface area contributed by atoms with E-state index in [0.717, 1.165) is 22.4 Å². The predicted molar refractivity (Wildman–Crippen MR) is 85.2 cm³/mol. The Morgan fingerprint density at radius 3 is 2.68 bits per heavy atom. The van der Waals surface area contributed by atoms with Crippen LogP contribution >= 0.6 is 0 Å². The standard InChI is InChI=1S/C18H18N2O2/c1-18(2)17(21)15-6-5-12(13-4-3-7-19-9-13)8-16(15)20(18)14-10-22-11-14/h3-9,14H,10-11H2,1-2H3. The molecule has 1 aromatic carbocycles. The summed E-state index contributed by atoms with van der Waals surface area (Å²) < 4.78 is 5.34. The zero-order valence-electron chi connectivity index (χ0n) is 12.7. The minimum Gasteiger partial charge on any atom is -0.377 e. The fraction of sp³-hybridized carbons (Fsp3) is 0.333. The number of aromatic nitrogens is 1. The molecule has 0 N–H and O–H groups in total. The molecule has 4 heteroatoms. The lowest BCUT2D eigenvalue weighted by atomic mass is 9.96. The SMILES string of the molecule is CC1(C)C(=O)c2ccc(-c3cccnc3)cc2N1C1COC1. The number of Topliss-reactive ketones (excluding diaryl/α,β-unsaturated/α-hetero) is 1. The summed E-state index contributed by atoms with van der Waals surface area (Å²) in [4.78, 5) is 19.1. The average molecular weight is 294 g/mol. The van der Waals surface area contributed by atoms with Crippen molar-refractivity contribution in [2.45, 2.75) is 25.4 Å². The zero-order valence-corrected chi connectivity index (χ0v) is 12.7. The van der Waals surface area contributed by atoms with E-state index in [-0.39, 0.29) is 11.8 Å². The fourth-order valence-electron chi connectivity index (χ4n) is 3.40. The first kappa shape index (κ1) is 13.5. The highest BCUT2D eigenvalue weighted by molar-refractivity contribution is 6.14. The molecule has 0 amide bonds. The molecule has 3 heterocycles. The Labute approximate surface area is 129 Å². The number of fused-ring (bicyclic) bond motifs is 1. The van der Waals surface area contributed by atoms with Crippen LogP contribution in [0.15, 0.2) is 42.7 Å². The zero-order chi connectivity index (χ0) is 15.3. The molecule has 4 nitrogen and oxygen atoms in total. The van der Waals surface area contributed by atoms with E-state index in [1.165, 1.54) is 0 Å². The number of benzene rings is 1. The molecule has 0 bridgehead atoms. The number of anilines is 1. The maximum Gasteiger partial charge on any atom is 0.189 e. The van der Waals surface area contributed by atoms with Gasteiger partial charge in [-0.25, -0.2) is 0 Å². The van der Waals surface area contributed by atoms with Crippen LogP contribution in [-0.4, -0.2) is 35.6 Å². The van der Waals surface area contributed by atoms with Crippen molar-refractivity contribution in [1.82, 2.24) is 4.98 Å². The highest BCUT2D eigenvalue weighted by atomic mass is 16.5. The molecular weight excluding hydrogens is 276 g/mol. The van der Waals surface area contributed by atoms with Gasteiger partial charge in [0.05, 0.1) is 24.8 Å². The second-order valence-corrected chi connectivity index (χ2v) is 6.42. The van der Waals surface area contributed by atoms with Gasteiger partial charge in [0, 0.05) is 29.2 Å². The number of ketones is 1. The molecule has 2 aromatic rings. The maximum atomic E-state index is 12.7. The van der Waals surface area contributed by atoms with Crippen molar-refractivity contribution in [3.8, 4) is 11.1 Å². The Balaban J connectivity index is 1.84. The summed E-state index contributed by atoms with van der Waals surface area (Å²) in [5, 5.41) is 0. The highest BCUT2D eigenvalue weighted by Crippen LogP contribution is 2.43. The smallest absolute Gasteiger partial charge is 0.189 e. The van der Waals surface area contributed by atoms with Crippen LogP contribution in [0.4, 0.5) is 5.69 Å². The van der Waals surface area contributed by atoms with Crippen molar-refractivity contribution in [2.75, 3.05) is 18.1 Å². The number of ether oxygens (including phenoxy) is 1. The number of hydrogen-bond donors (Lipinski definition) is 0. The van der Waals surface area contributed by atoms with E-state index >= 15 is 0 Å². The van der Waals surface area contributed by atoms with Crippen LogP contribution in [0.3, 0.4) is 0 Å². The van der Waals surface area contributed by atoms with Gasteiger partial charge in [0.2, 0.25) is 0 Å². The third kappa shape index (κ3) is 1.80. The molecule has 0 aliphatic carbocycles. The molecule has 2 aliphatic rings. The van der Waals surface area contributed by atoms with Gasteiger partial charge in [-0.2, -0.15) is 0 Å². The van der Waals surface area contributed by atoms with E-state index in [4.69, 9.17) is 4.74 Å². The Morgan fingerprint density at radius 1 is 1.23 bits per heavy atom. The van der Waals surface area contributed by atoms with E-state index in [0.29, 0.717) is 13.2 Å². The number of carbonyl (C=O) groups excluding carboxylic acids is 1. The predicted octanol–water partition coefficient (Wildman–Crippen LogP) is 2.93. The summed E-state index contributed by atoms with van der Waals surface area (Å²) in [7, 11) is 0. The quantitative estimate of drug-likeness (QED) is 0.854. The van der Waals surface area contributed by atoms with E-state index < -0.39 is 5.54 Å². The molecule has 1 aromatic heterocycles. The Morgan fingerprint density at radius 2 is 2.05 bits per heavy atom. The van der Waals surface area contributed by atoms with Gasteiger partial charge in [-0.15, -0.1) is 0 Å². The lowest BCUT2D eigenvalue weighted by Crippen LogP contribution is -2.58. The normalized spacial score (nSPS) is 19.9. The molecule has 112 valence electrons. The van der Waals surface area contributed by atoms with E-state index in [1.807, 2.05) is 44.3 Å². The first-order valence-corrected chi connectivity index (χ1v) is 7.55. The van der Waals surface area contributed by atoms with Gasteiger partial charge >= 0.3 is 0 Å². The molecular formula is C18H18N2O2. The van der Waals surface area contributed by atoms with Gasteiger partial charge in [0.25, 0.3) is 0 Å². The molecule has 0 saturated carbocycles. The van der Waals surface area contributed by atoms with Gasteiger partial charge in [-0.05, 0) is 37.6 Å². The van der Waals surface area contributed by atoms with Crippen molar-refractivity contribution in [3.63, 3.8) is 0 Å². The molecule has 1 fully saturated rings. The van der Waals surface area contributed by atoms with Gasteiger partial charge in [-0.3, -0.25) is 9.78 Å². The Bertz CT molecular complexity index is 736. The van der Waals surface area contributed by atoms with Crippen molar-refractivity contribution in [2.24, 2.45) is 0 Å². The second-order valence-electron chi connectivity index (χ2n) is 6.42. The number of carbonyl (C=O) groups is 1. The molecule has 1 saturated heterocycles. The van der Waals surface area contributed by atoms with Crippen LogP contribution in [-0.2, 0) is 4.74 Å². The van der Waals surface area contributed by atoms with E-state index in [2.05, 4.69) is 16.0 Å². The van der Waals surface area contributed by atoms with Crippen LogP contribution in [0.1, 0.15) is 24.2 Å². The van der Waals surface area contributed by atoms with E-state index in [9.17, 15) is 4.79 Å². The largest absolute Gasteiger partial charge is 0.377 e. The first-order chi connectivity index (χ1) is 10.6. The Hall–Kier alpha value is -2.20.